The molecule has 1 aliphatic rings. The Bertz CT molecular complexity index is 641. The molecule has 0 aromatic carbocycles. The summed E-state index contributed by atoms with van der Waals surface area (Å²) in [4.78, 5) is 0. The van der Waals surface area contributed by atoms with Gasteiger partial charge in [-0.1, -0.05) is 0 Å². The van der Waals surface area contributed by atoms with Gasteiger partial charge in [-0.2, -0.15) is 5.10 Å². The molecule has 0 amide bonds. The van der Waals surface area contributed by atoms with Crippen LogP contribution in [0.1, 0.15) is 37.7 Å². The van der Waals surface area contributed by atoms with E-state index in [-0.39, 0.29) is 0 Å². The van der Waals surface area contributed by atoms with Crippen molar-refractivity contribution in [1.29, 1.82) is 0 Å². The van der Waals surface area contributed by atoms with Crippen LogP contribution in [-0.4, -0.2) is 39.8 Å². The highest BCUT2D eigenvalue weighted by Gasteiger charge is 2.42. The highest BCUT2D eigenvalue weighted by atomic mass is 16.6. The summed E-state index contributed by atoms with van der Waals surface area (Å²) in [5, 5.41) is 12.4. The minimum atomic E-state index is -0.598. The zero-order chi connectivity index (χ0) is 15.4. The number of aryl methyl sites for hydroxylation is 1. The molecule has 7 heteroatoms. The highest BCUT2D eigenvalue weighted by Crippen LogP contribution is 2.33. The molecule has 0 saturated carbocycles. The van der Waals surface area contributed by atoms with Crippen molar-refractivity contribution in [3.05, 3.63) is 29.7 Å². The Kier molecular flexibility index (Phi) is 4.35. The maximum Gasteiger partial charge on any atom is 0.251 e. The molecule has 1 saturated heterocycles. The standard InChI is InChI=1S/C15H20N4O3/c1-3-19-12(7-9-16-19)5-6-13-17-18-14(22-13)15(21-4-2)8-10-20-11-15/h5-7,9H,3-4,8,10-11H2,1-2H3/b6-5+. The molecule has 2 aromatic rings. The van der Waals surface area contributed by atoms with E-state index in [2.05, 4.69) is 15.3 Å². The highest BCUT2D eigenvalue weighted by molar-refractivity contribution is 5.63. The number of hydrogen-bond acceptors (Lipinski definition) is 6. The zero-order valence-corrected chi connectivity index (χ0v) is 12.9. The van der Waals surface area contributed by atoms with Crippen LogP contribution in [0.2, 0.25) is 0 Å². The third-order valence-electron chi connectivity index (χ3n) is 3.68. The summed E-state index contributed by atoms with van der Waals surface area (Å²) in [6, 6.07) is 1.93. The summed E-state index contributed by atoms with van der Waals surface area (Å²) < 4.78 is 18.9. The van der Waals surface area contributed by atoms with E-state index in [9.17, 15) is 0 Å². The first-order valence-corrected chi connectivity index (χ1v) is 7.53. The Balaban J connectivity index is 1.79. The Morgan fingerprint density at radius 3 is 3.00 bits per heavy atom. The molecular formula is C15H20N4O3. The first-order chi connectivity index (χ1) is 10.8. The molecule has 2 aromatic heterocycles. The lowest BCUT2D eigenvalue weighted by Crippen LogP contribution is -2.30. The molecule has 3 heterocycles. The van der Waals surface area contributed by atoms with E-state index in [1.165, 1.54) is 0 Å². The molecule has 1 atom stereocenters. The van der Waals surface area contributed by atoms with E-state index in [0.717, 1.165) is 18.7 Å². The number of rotatable bonds is 6. The number of ether oxygens (including phenoxy) is 2. The van der Waals surface area contributed by atoms with Crippen LogP contribution >= 0.6 is 0 Å². The van der Waals surface area contributed by atoms with Gasteiger partial charge >= 0.3 is 0 Å². The molecule has 1 unspecified atom stereocenters. The van der Waals surface area contributed by atoms with Crippen LogP contribution in [0.25, 0.3) is 12.2 Å². The van der Waals surface area contributed by atoms with Gasteiger partial charge in [-0.15, -0.1) is 10.2 Å². The first kappa shape index (κ1) is 14.9. The van der Waals surface area contributed by atoms with Crippen molar-refractivity contribution < 1.29 is 13.9 Å². The smallest absolute Gasteiger partial charge is 0.251 e. The molecule has 7 nitrogen and oxygen atoms in total. The van der Waals surface area contributed by atoms with Gasteiger partial charge in [0.1, 0.15) is 0 Å². The second-order valence-corrected chi connectivity index (χ2v) is 5.08. The molecule has 118 valence electrons. The molecule has 0 N–H and O–H groups in total. The minimum absolute atomic E-state index is 0.449. The predicted octanol–water partition coefficient (Wildman–Crippen LogP) is 2.11. The predicted molar refractivity (Wildman–Crippen MR) is 79.9 cm³/mol. The van der Waals surface area contributed by atoms with Gasteiger partial charge in [0.15, 0.2) is 5.60 Å². The van der Waals surface area contributed by atoms with Gasteiger partial charge in [0.05, 0.1) is 18.9 Å². The largest absolute Gasteiger partial charge is 0.418 e. The van der Waals surface area contributed by atoms with Crippen LogP contribution in [0.5, 0.6) is 0 Å². The topological polar surface area (TPSA) is 75.2 Å². The Morgan fingerprint density at radius 2 is 2.27 bits per heavy atom. The second-order valence-electron chi connectivity index (χ2n) is 5.08. The van der Waals surface area contributed by atoms with Crippen molar-refractivity contribution in [2.75, 3.05) is 19.8 Å². The monoisotopic (exact) mass is 304 g/mol. The Labute approximate surface area is 128 Å². The molecule has 22 heavy (non-hydrogen) atoms. The number of nitrogens with zero attached hydrogens (tertiary/aromatic N) is 4. The van der Waals surface area contributed by atoms with E-state index >= 15 is 0 Å². The molecule has 1 fully saturated rings. The van der Waals surface area contributed by atoms with E-state index < -0.39 is 5.60 Å². The van der Waals surface area contributed by atoms with Gasteiger partial charge in [0.2, 0.25) is 5.89 Å². The average molecular weight is 304 g/mol. The van der Waals surface area contributed by atoms with Crippen LogP contribution in [0.4, 0.5) is 0 Å². The average Bonchev–Trinajstić information content (AvgIpc) is 3.26. The van der Waals surface area contributed by atoms with Gasteiger partial charge in [-0.3, -0.25) is 4.68 Å². The van der Waals surface area contributed by atoms with Gasteiger partial charge in [0.25, 0.3) is 5.89 Å². The lowest BCUT2D eigenvalue weighted by atomic mass is 10.0. The van der Waals surface area contributed by atoms with Crippen molar-refractivity contribution in [3.8, 4) is 0 Å². The quantitative estimate of drug-likeness (QED) is 0.813. The van der Waals surface area contributed by atoms with Crippen LogP contribution in [0.15, 0.2) is 16.7 Å². The summed E-state index contributed by atoms with van der Waals surface area (Å²) in [6.45, 7) is 6.47. The molecule has 0 spiro atoms. The van der Waals surface area contributed by atoms with Gasteiger partial charge < -0.3 is 13.9 Å². The summed E-state index contributed by atoms with van der Waals surface area (Å²) in [6.07, 6.45) is 6.19. The summed E-state index contributed by atoms with van der Waals surface area (Å²) >= 11 is 0. The fourth-order valence-electron chi connectivity index (χ4n) is 2.56. The lowest BCUT2D eigenvalue weighted by molar-refractivity contribution is -0.0661. The molecule has 3 rings (SSSR count). The SMILES string of the molecule is CCOC1(c2nnc(/C=C/c3ccnn3CC)o2)CCOC1. The van der Waals surface area contributed by atoms with Crippen LogP contribution in [0.3, 0.4) is 0 Å². The van der Waals surface area contributed by atoms with E-state index in [4.69, 9.17) is 13.9 Å². The van der Waals surface area contributed by atoms with E-state index in [1.54, 1.807) is 12.3 Å². The van der Waals surface area contributed by atoms with Crippen LogP contribution in [-0.2, 0) is 21.6 Å². The molecular weight excluding hydrogens is 284 g/mol. The zero-order valence-electron chi connectivity index (χ0n) is 12.9. The normalized spacial score (nSPS) is 21.9. The Morgan fingerprint density at radius 1 is 1.36 bits per heavy atom. The van der Waals surface area contributed by atoms with Crippen molar-refractivity contribution in [2.24, 2.45) is 0 Å². The van der Waals surface area contributed by atoms with Crippen LogP contribution in [0, 0.1) is 0 Å². The molecule has 1 aliphatic heterocycles. The van der Waals surface area contributed by atoms with E-state index in [1.807, 2.05) is 30.7 Å². The third kappa shape index (κ3) is 2.82. The van der Waals surface area contributed by atoms with Crippen molar-refractivity contribution in [1.82, 2.24) is 20.0 Å². The summed E-state index contributed by atoms with van der Waals surface area (Å²) in [5.41, 5.74) is 0.393. The van der Waals surface area contributed by atoms with Gasteiger partial charge in [0, 0.05) is 31.8 Å². The fourth-order valence-corrected chi connectivity index (χ4v) is 2.56. The van der Waals surface area contributed by atoms with Gasteiger partial charge in [-0.25, -0.2) is 0 Å². The third-order valence-corrected chi connectivity index (χ3v) is 3.68. The molecule has 0 bridgehead atoms. The van der Waals surface area contributed by atoms with Crippen molar-refractivity contribution in [2.45, 2.75) is 32.4 Å². The number of aromatic nitrogens is 4. The number of hydrogen-bond donors (Lipinski definition) is 0. The summed E-state index contributed by atoms with van der Waals surface area (Å²) in [7, 11) is 0. The molecule has 0 aliphatic carbocycles. The second kappa shape index (κ2) is 6.41. The summed E-state index contributed by atoms with van der Waals surface area (Å²) in [5.74, 6) is 0.931. The maximum atomic E-state index is 5.82. The van der Waals surface area contributed by atoms with Crippen molar-refractivity contribution >= 4 is 12.2 Å². The maximum absolute atomic E-state index is 5.82. The van der Waals surface area contributed by atoms with Crippen molar-refractivity contribution in [3.63, 3.8) is 0 Å². The lowest BCUT2D eigenvalue weighted by Gasteiger charge is -2.22. The first-order valence-electron chi connectivity index (χ1n) is 7.53. The Hall–Kier alpha value is -1.99. The minimum Gasteiger partial charge on any atom is -0.418 e. The van der Waals surface area contributed by atoms with E-state index in [0.29, 0.717) is 31.6 Å². The molecule has 0 radical (unpaired) electrons. The van der Waals surface area contributed by atoms with Gasteiger partial charge in [-0.05, 0) is 26.0 Å². The van der Waals surface area contributed by atoms with Crippen LogP contribution < -0.4 is 0 Å². The fraction of sp³-hybridized carbons (Fsp3) is 0.533.